The van der Waals surface area contributed by atoms with Crippen molar-refractivity contribution in [3.63, 3.8) is 0 Å². The third-order valence-corrected chi connectivity index (χ3v) is 6.55. The van der Waals surface area contributed by atoms with Crippen molar-refractivity contribution in [2.24, 2.45) is 0 Å². The predicted molar refractivity (Wildman–Crippen MR) is 121 cm³/mol. The van der Waals surface area contributed by atoms with Crippen molar-refractivity contribution in [3.05, 3.63) is 29.8 Å². The molecule has 6 heteroatoms. The summed E-state index contributed by atoms with van der Waals surface area (Å²) in [6.45, 7) is 16.6. The summed E-state index contributed by atoms with van der Waals surface area (Å²) < 4.78 is 0. The summed E-state index contributed by atoms with van der Waals surface area (Å²) in [6.07, 6.45) is 2.59. The Kier molecular flexibility index (Phi) is 8.42. The fraction of sp³-hybridized carbons (Fsp3) is 0.727. The number of benzene rings is 1. The maximum atomic E-state index is 3.48. The van der Waals surface area contributed by atoms with Crippen LogP contribution >= 0.6 is 12.4 Å². The van der Waals surface area contributed by atoms with E-state index < -0.39 is 0 Å². The molecule has 0 aromatic heterocycles. The molecule has 0 radical (unpaired) electrons. The predicted octanol–water partition coefficient (Wildman–Crippen LogP) is 2.12. The lowest BCUT2D eigenvalue weighted by Crippen LogP contribution is -2.49. The minimum Gasteiger partial charge on any atom is -0.369 e. The molecule has 0 saturated carbocycles. The lowest BCUT2D eigenvalue weighted by Gasteiger charge is -2.37. The molecule has 1 N–H and O–H groups in total. The van der Waals surface area contributed by atoms with E-state index in [0.29, 0.717) is 0 Å². The van der Waals surface area contributed by atoms with Crippen molar-refractivity contribution < 1.29 is 0 Å². The van der Waals surface area contributed by atoms with Gasteiger partial charge in [-0.05, 0) is 31.0 Å². The molecule has 28 heavy (non-hydrogen) atoms. The molecule has 3 aliphatic heterocycles. The first-order valence-electron chi connectivity index (χ1n) is 11.1. The Hall–Kier alpha value is -0.850. The van der Waals surface area contributed by atoms with Gasteiger partial charge in [-0.3, -0.25) is 14.7 Å². The zero-order valence-electron chi connectivity index (χ0n) is 17.5. The van der Waals surface area contributed by atoms with Gasteiger partial charge in [-0.1, -0.05) is 25.1 Å². The number of hydrogen-bond donors (Lipinski definition) is 1. The van der Waals surface area contributed by atoms with Gasteiger partial charge >= 0.3 is 0 Å². The molecule has 3 heterocycles. The average Bonchev–Trinajstić information content (AvgIpc) is 3.19. The minimum atomic E-state index is 0. The number of rotatable bonds is 6. The molecule has 1 atom stereocenters. The number of hydrogen-bond acceptors (Lipinski definition) is 5. The second-order valence-electron chi connectivity index (χ2n) is 8.42. The van der Waals surface area contributed by atoms with Crippen molar-refractivity contribution in [1.29, 1.82) is 0 Å². The summed E-state index contributed by atoms with van der Waals surface area (Å²) >= 11 is 0. The zero-order valence-corrected chi connectivity index (χ0v) is 18.3. The van der Waals surface area contributed by atoms with Gasteiger partial charge in [-0.25, -0.2) is 0 Å². The van der Waals surface area contributed by atoms with Crippen LogP contribution in [0.15, 0.2) is 24.3 Å². The van der Waals surface area contributed by atoms with Crippen LogP contribution < -0.4 is 10.2 Å². The van der Waals surface area contributed by atoms with Gasteiger partial charge < -0.3 is 10.2 Å². The number of anilines is 1. The fourth-order valence-electron chi connectivity index (χ4n) is 5.02. The van der Waals surface area contributed by atoms with E-state index in [2.05, 4.69) is 56.1 Å². The van der Waals surface area contributed by atoms with Crippen molar-refractivity contribution in [2.45, 2.75) is 32.4 Å². The first kappa shape index (κ1) is 21.8. The SMILES string of the molecule is CCCN1CCN(c2ccccc2CN2CCC(N3CCNCC3)C2)CC1.Cl. The first-order chi connectivity index (χ1) is 13.3. The number of para-hydroxylation sites is 1. The quantitative estimate of drug-likeness (QED) is 0.778. The summed E-state index contributed by atoms with van der Waals surface area (Å²) in [5, 5.41) is 3.48. The van der Waals surface area contributed by atoms with E-state index in [9.17, 15) is 0 Å². The Morgan fingerprint density at radius 3 is 2.43 bits per heavy atom. The van der Waals surface area contributed by atoms with Crippen LogP contribution in [0.25, 0.3) is 0 Å². The maximum absolute atomic E-state index is 3.48. The second kappa shape index (κ2) is 10.8. The van der Waals surface area contributed by atoms with Gasteiger partial charge in [0.15, 0.2) is 0 Å². The Bertz CT molecular complexity index is 584. The Morgan fingerprint density at radius 1 is 0.929 bits per heavy atom. The highest BCUT2D eigenvalue weighted by Crippen LogP contribution is 2.26. The van der Waals surface area contributed by atoms with Crippen molar-refractivity contribution in [1.82, 2.24) is 20.0 Å². The molecule has 3 fully saturated rings. The molecule has 0 spiro atoms. The average molecular weight is 408 g/mol. The third kappa shape index (κ3) is 5.39. The highest BCUT2D eigenvalue weighted by atomic mass is 35.5. The van der Waals surface area contributed by atoms with Crippen molar-refractivity contribution >= 4 is 18.1 Å². The highest BCUT2D eigenvalue weighted by Gasteiger charge is 2.29. The topological polar surface area (TPSA) is 25.0 Å². The molecule has 0 bridgehead atoms. The largest absolute Gasteiger partial charge is 0.369 e. The molecule has 0 amide bonds. The van der Waals surface area contributed by atoms with Crippen molar-refractivity contribution in [2.75, 3.05) is 76.9 Å². The van der Waals surface area contributed by atoms with Gasteiger partial charge in [0.05, 0.1) is 0 Å². The van der Waals surface area contributed by atoms with E-state index in [1.54, 1.807) is 0 Å². The summed E-state index contributed by atoms with van der Waals surface area (Å²) in [7, 11) is 0. The van der Waals surface area contributed by atoms with Crippen LogP contribution in [0.3, 0.4) is 0 Å². The van der Waals surface area contributed by atoms with Gasteiger partial charge in [-0.15, -0.1) is 12.4 Å². The third-order valence-electron chi connectivity index (χ3n) is 6.55. The van der Waals surface area contributed by atoms with E-state index >= 15 is 0 Å². The molecule has 3 saturated heterocycles. The second-order valence-corrected chi connectivity index (χ2v) is 8.42. The standard InChI is InChI=1S/C22H37N5.ClH/c1-2-10-24-14-16-27(17-15-24)22-6-4-3-5-20(22)18-25-11-7-21(19-25)26-12-8-23-9-13-26;/h3-6,21,23H,2,7-19H2,1H3;1H. The van der Waals surface area contributed by atoms with Gasteiger partial charge in [0.25, 0.3) is 0 Å². The number of piperazine rings is 2. The van der Waals surface area contributed by atoms with Crippen molar-refractivity contribution in [3.8, 4) is 0 Å². The molecule has 158 valence electrons. The number of likely N-dealkylation sites (tertiary alicyclic amines) is 1. The van der Waals surface area contributed by atoms with Crippen LogP contribution in [0.4, 0.5) is 5.69 Å². The molecule has 3 aliphatic rings. The van der Waals surface area contributed by atoms with Crippen LogP contribution in [0.5, 0.6) is 0 Å². The lowest BCUT2D eigenvalue weighted by molar-refractivity contribution is 0.170. The van der Waals surface area contributed by atoms with E-state index in [1.807, 2.05) is 0 Å². The smallest absolute Gasteiger partial charge is 0.0412 e. The first-order valence-corrected chi connectivity index (χ1v) is 11.1. The van der Waals surface area contributed by atoms with Crippen LogP contribution in [0.1, 0.15) is 25.3 Å². The molecule has 5 nitrogen and oxygen atoms in total. The lowest BCUT2D eigenvalue weighted by atomic mass is 10.1. The Balaban J connectivity index is 0.00000225. The summed E-state index contributed by atoms with van der Waals surface area (Å²) in [5.74, 6) is 0. The number of nitrogens with zero attached hydrogens (tertiary/aromatic N) is 4. The molecular weight excluding hydrogens is 370 g/mol. The molecular formula is C22H38ClN5. The number of nitrogens with one attached hydrogen (secondary N) is 1. The van der Waals surface area contributed by atoms with E-state index in [-0.39, 0.29) is 12.4 Å². The monoisotopic (exact) mass is 407 g/mol. The molecule has 1 unspecified atom stereocenters. The van der Waals surface area contributed by atoms with Gasteiger partial charge in [-0.2, -0.15) is 0 Å². The highest BCUT2D eigenvalue weighted by molar-refractivity contribution is 5.85. The fourth-order valence-corrected chi connectivity index (χ4v) is 5.02. The number of halogens is 1. The normalized spacial score (nSPS) is 25.0. The summed E-state index contributed by atoms with van der Waals surface area (Å²) in [6, 6.07) is 9.89. The summed E-state index contributed by atoms with van der Waals surface area (Å²) in [4.78, 5) is 10.6. The van der Waals surface area contributed by atoms with Gasteiger partial charge in [0.2, 0.25) is 0 Å². The van der Waals surface area contributed by atoms with Gasteiger partial charge in [0.1, 0.15) is 0 Å². The molecule has 4 rings (SSSR count). The van der Waals surface area contributed by atoms with Gasteiger partial charge in [0, 0.05) is 83.7 Å². The van der Waals surface area contributed by atoms with E-state index in [4.69, 9.17) is 0 Å². The molecule has 0 aliphatic carbocycles. The van der Waals surface area contributed by atoms with Crippen LogP contribution in [-0.4, -0.2) is 92.7 Å². The Labute approximate surface area is 177 Å². The zero-order chi connectivity index (χ0) is 18.5. The van der Waals surface area contributed by atoms with E-state index in [0.717, 1.165) is 25.7 Å². The van der Waals surface area contributed by atoms with Crippen LogP contribution in [0.2, 0.25) is 0 Å². The summed E-state index contributed by atoms with van der Waals surface area (Å²) in [5.41, 5.74) is 2.99. The minimum absolute atomic E-state index is 0. The Morgan fingerprint density at radius 2 is 1.68 bits per heavy atom. The molecule has 1 aromatic rings. The maximum Gasteiger partial charge on any atom is 0.0412 e. The van der Waals surface area contributed by atoms with E-state index in [1.165, 1.54) is 83.0 Å². The molecule has 1 aromatic carbocycles. The van der Waals surface area contributed by atoms with Crippen LogP contribution in [-0.2, 0) is 6.54 Å². The van der Waals surface area contributed by atoms with Crippen LogP contribution in [0, 0.1) is 0 Å².